The number of morpholine rings is 1. The van der Waals surface area contributed by atoms with Crippen LogP contribution in [0.3, 0.4) is 0 Å². The van der Waals surface area contributed by atoms with E-state index in [2.05, 4.69) is 10.3 Å². The Morgan fingerprint density at radius 2 is 1.95 bits per heavy atom. The van der Waals surface area contributed by atoms with Gasteiger partial charge in [-0.2, -0.15) is 18.2 Å². The van der Waals surface area contributed by atoms with Crippen molar-refractivity contribution in [1.29, 1.82) is 0 Å². The summed E-state index contributed by atoms with van der Waals surface area (Å²) in [6, 6.07) is 5.09. The minimum Gasteiger partial charge on any atom is -0.475 e. The van der Waals surface area contributed by atoms with Gasteiger partial charge in [0.05, 0.1) is 37.5 Å². The first-order valence-corrected chi connectivity index (χ1v) is 12.2. The number of amides is 2. The lowest BCUT2D eigenvalue weighted by Crippen LogP contribution is -2.51. The second-order valence-electron chi connectivity index (χ2n) is 9.33. The minimum atomic E-state index is -4.57. The van der Waals surface area contributed by atoms with Gasteiger partial charge in [0.15, 0.2) is 0 Å². The quantitative estimate of drug-likeness (QED) is 0.482. The van der Waals surface area contributed by atoms with Crippen molar-refractivity contribution in [3.8, 4) is 17.0 Å². The standard InChI is InChI=1S/C25H30F4N4O5/c1-15-8-20(26)21(30-24(36)33-13-17(25(27,28)29)11-18(35)14-33)12-19(15)16-9-22(32-2-5-37-6-3-32)31-23(10-16)38-7-4-34/h8-10,12,17-18,34-35H,2-7,11,13-14H2,1H3,(H,30,36)/t17-,18+/m1/s1. The third-order valence-electron chi connectivity index (χ3n) is 6.51. The van der Waals surface area contributed by atoms with E-state index in [1.165, 1.54) is 12.1 Å². The maximum atomic E-state index is 14.9. The van der Waals surface area contributed by atoms with E-state index in [-0.39, 0.29) is 31.3 Å². The zero-order valence-corrected chi connectivity index (χ0v) is 20.8. The van der Waals surface area contributed by atoms with Gasteiger partial charge in [-0.05, 0) is 48.2 Å². The number of hydrogen-bond acceptors (Lipinski definition) is 7. The first-order valence-electron chi connectivity index (χ1n) is 12.2. The van der Waals surface area contributed by atoms with E-state index in [9.17, 15) is 27.5 Å². The number of carbonyl (C=O) groups excluding carboxylic acids is 1. The average molecular weight is 543 g/mol. The van der Waals surface area contributed by atoms with E-state index in [0.29, 0.717) is 48.8 Å². The minimum absolute atomic E-state index is 0.0172. The van der Waals surface area contributed by atoms with Gasteiger partial charge in [0.2, 0.25) is 5.88 Å². The largest absolute Gasteiger partial charge is 0.475 e. The van der Waals surface area contributed by atoms with Crippen LogP contribution < -0.4 is 15.0 Å². The highest BCUT2D eigenvalue weighted by molar-refractivity contribution is 5.91. The Morgan fingerprint density at radius 1 is 1.21 bits per heavy atom. The molecular formula is C25H30F4N4O5. The molecule has 0 spiro atoms. The molecule has 208 valence electrons. The van der Waals surface area contributed by atoms with Crippen molar-refractivity contribution >= 4 is 17.5 Å². The fraction of sp³-hybridized carbons (Fsp3) is 0.520. The van der Waals surface area contributed by atoms with Crippen molar-refractivity contribution in [3.05, 3.63) is 35.6 Å². The van der Waals surface area contributed by atoms with Crippen molar-refractivity contribution in [2.75, 3.05) is 62.8 Å². The predicted octanol–water partition coefficient (Wildman–Crippen LogP) is 3.18. The van der Waals surface area contributed by atoms with E-state index in [4.69, 9.17) is 14.6 Å². The van der Waals surface area contributed by atoms with Crippen LogP contribution in [0.1, 0.15) is 12.0 Å². The van der Waals surface area contributed by atoms with Crippen LogP contribution in [0.15, 0.2) is 24.3 Å². The third-order valence-corrected chi connectivity index (χ3v) is 6.51. The van der Waals surface area contributed by atoms with Gasteiger partial charge in [-0.1, -0.05) is 0 Å². The molecule has 2 saturated heterocycles. The number of carbonyl (C=O) groups is 1. The Labute approximate surface area is 217 Å². The number of aryl methyl sites for hydroxylation is 1. The Balaban J connectivity index is 1.63. The van der Waals surface area contributed by atoms with Gasteiger partial charge < -0.3 is 34.8 Å². The number of halogens is 4. The van der Waals surface area contributed by atoms with Gasteiger partial charge in [0, 0.05) is 32.2 Å². The molecule has 0 aliphatic carbocycles. The maximum Gasteiger partial charge on any atom is 0.393 e. The Morgan fingerprint density at radius 3 is 2.63 bits per heavy atom. The number of alkyl halides is 3. The number of aliphatic hydroxyl groups is 2. The van der Waals surface area contributed by atoms with Gasteiger partial charge in [0.1, 0.15) is 18.2 Å². The van der Waals surface area contributed by atoms with Gasteiger partial charge in [0.25, 0.3) is 0 Å². The lowest BCUT2D eigenvalue weighted by atomic mass is 9.95. The number of rotatable bonds is 6. The van der Waals surface area contributed by atoms with Crippen LogP contribution in [0.25, 0.3) is 11.1 Å². The van der Waals surface area contributed by atoms with E-state index < -0.39 is 43.0 Å². The van der Waals surface area contributed by atoms with Crippen LogP contribution >= 0.6 is 0 Å². The van der Waals surface area contributed by atoms with Gasteiger partial charge >= 0.3 is 12.2 Å². The summed E-state index contributed by atoms with van der Waals surface area (Å²) >= 11 is 0. The Kier molecular flexibility index (Phi) is 8.58. The summed E-state index contributed by atoms with van der Waals surface area (Å²) in [7, 11) is 0. The smallest absolute Gasteiger partial charge is 0.393 e. The number of nitrogens with one attached hydrogen (secondary N) is 1. The molecule has 38 heavy (non-hydrogen) atoms. The molecule has 13 heteroatoms. The molecule has 0 unspecified atom stereocenters. The summed E-state index contributed by atoms with van der Waals surface area (Å²) in [5.41, 5.74) is 1.47. The van der Waals surface area contributed by atoms with Crippen LogP contribution in [0.5, 0.6) is 5.88 Å². The van der Waals surface area contributed by atoms with Crippen LogP contribution in [0, 0.1) is 18.7 Å². The zero-order chi connectivity index (χ0) is 27.4. The van der Waals surface area contributed by atoms with E-state index in [0.717, 1.165) is 4.90 Å². The van der Waals surface area contributed by atoms with Gasteiger partial charge in [-0.15, -0.1) is 0 Å². The topological polar surface area (TPSA) is 107 Å². The van der Waals surface area contributed by atoms with Crippen LogP contribution in [-0.2, 0) is 4.74 Å². The Bertz CT molecular complexity index is 1140. The molecule has 9 nitrogen and oxygen atoms in total. The number of aliphatic hydroxyl groups excluding tert-OH is 2. The van der Waals surface area contributed by atoms with E-state index in [1.807, 2.05) is 4.90 Å². The summed E-state index contributed by atoms with van der Waals surface area (Å²) in [6.45, 7) is 2.79. The summed E-state index contributed by atoms with van der Waals surface area (Å²) in [4.78, 5) is 20.1. The van der Waals surface area contributed by atoms with E-state index >= 15 is 0 Å². The first-order chi connectivity index (χ1) is 18.0. The Hall–Kier alpha value is -3.16. The summed E-state index contributed by atoms with van der Waals surface area (Å²) in [5.74, 6) is -1.80. The van der Waals surface area contributed by atoms with Crippen molar-refractivity contribution in [3.63, 3.8) is 0 Å². The molecule has 1 aromatic carbocycles. The molecule has 1 aromatic heterocycles. The number of nitrogens with zero attached hydrogens (tertiary/aromatic N) is 3. The second kappa shape index (κ2) is 11.7. The highest BCUT2D eigenvalue weighted by Crippen LogP contribution is 2.35. The molecular weight excluding hydrogens is 512 g/mol. The molecule has 0 bridgehead atoms. The lowest BCUT2D eigenvalue weighted by Gasteiger charge is -2.36. The van der Waals surface area contributed by atoms with Crippen LogP contribution in [0.4, 0.5) is 33.9 Å². The number of pyridine rings is 1. The van der Waals surface area contributed by atoms with E-state index in [1.54, 1.807) is 19.1 Å². The fourth-order valence-electron chi connectivity index (χ4n) is 4.57. The monoisotopic (exact) mass is 542 g/mol. The molecule has 3 heterocycles. The number of aromatic nitrogens is 1. The van der Waals surface area contributed by atoms with Crippen LogP contribution in [0.2, 0.25) is 0 Å². The number of anilines is 2. The lowest BCUT2D eigenvalue weighted by molar-refractivity contribution is -0.192. The number of ether oxygens (including phenoxy) is 2. The molecule has 2 aliphatic rings. The molecule has 3 N–H and O–H groups in total. The molecule has 0 saturated carbocycles. The zero-order valence-electron chi connectivity index (χ0n) is 20.8. The number of benzene rings is 1. The van der Waals surface area contributed by atoms with Crippen LogP contribution in [-0.4, -0.2) is 91.0 Å². The molecule has 0 radical (unpaired) electrons. The molecule has 2 aliphatic heterocycles. The maximum absolute atomic E-state index is 14.9. The summed E-state index contributed by atoms with van der Waals surface area (Å²) in [5, 5.41) is 21.4. The van der Waals surface area contributed by atoms with Gasteiger partial charge in [-0.25, -0.2) is 9.18 Å². The number of β-amino-alcohol motifs (C(OH)–C–C–N with tert-alkyl or cyclic N) is 1. The number of piperidine rings is 1. The SMILES string of the molecule is Cc1cc(F)c(NC(=O)N2C[C@@H](O)C[C@@H](C(F)(F)F)C2)cc1-c1cc(OCCO)nc(N2CCOCC2)c1. The third kappa shape index (κ3) is 6.63. The fourth-order valence-corrected chi connectivity index (χ4v) is 4.57. The number of urea groups is 1. The summed E-state index contributed by atoms with van der Waals surface area (Å²) in [6.07, 6.45) is -6.41. The predicted molar refractivity (Wildman–Crippen MR) is 131 cm³/mol. The normalized spacial score (nSPS) is 20.4. The molecule has 2 atom stereocenters. The van der Waals surface area contributed by atoms with Crippen molar-refractivity contribution < 1.29 is 42.0 Å². The van der Waals surface area contributed by atoms with Crippen molar-refractivity contribution in [2.45, 2.75) is 25.6 Å². The molecule has 2 aromatic rings. The van der Waals surface area contributed by atoms with Crippen molar-refractivity contribution in [1.82, 2.24) is 9.88 Å². The second-order valence-corrected chi connectivity index (χ2v) is 9.33. The molecule has 4 rings (SSSR count). The van der Waals surface area contributed by atoms with Gasteiger partial charge in [-0.3, -0.25) is 0 Å². The number of hydrogen-bond donors (Lipinski definition) is 3. The molecule has 2 fully saturated rings. The van der Waals surface area contributed by atoms with Crippen molar-refractivity contribution in [2.24, 2.45) is 5.92 Å². The molecule has 2 amide bonds. The summed E-state index contributed by atoms with van der Waals surface area (Å²) < 4.78 is 65.5. The first kappa shape index (κ1) is 27.9. The highest BCUT2D eigenvalue weighted by atomic mass is 19.4. The highest BCUT2D eigenvalue weighted by Gasteiger charge is 2.45. The average Bonchev–Trinajstić information content (AvgIpc) is 2.88. The number of likely N-dealkylation sites (tertiary alicyclic amines) is 1.